The average molecular weight is 722 g/mol. The zero-order valence-electron chi connectivity index (χ0n) is 29.6. The number of nitrogens with two attached hydrogens (primary N) is 1. The lowest BCUT2D eigenvalue weighted by Crippen LogP contribution is -2.42. The molecule has 0 spiro atoms. The van der Waals surface area contributed by atoms with Gasteiger partial charge in [0.05, 0.1) is 55.8 Å². The largest absolute Gasteiger partial charge is 0.481 e. The van der Waals surface area contributed by atoms with E-state index in [2.05, 4.69) is 0 Å². The molecule has 0 aromatic heterocycles. The minimum atomic E-state index is -1.59. The van der Waals surface area contributed by atoms with Gasteiger partial charge < -0.3 is 51.0 Å². The first kappa shape index (κ1) is 46.7. The van der Waals surface area contributed by atoms with E-state index in [0.29, 0.717) is 38.5 Å². The number of carboxylic acids is 4. The first-order valence-electron chi connectivity index (χ1n) is 17.3. The maximum Gasteiger partial charge on any atom is 0.307 e. The SMILES string of the molecule is CCCC[C@@H](C)[C@@H](OC(=O)C[C@@H](CC(=O)O)C(=O)O)[C@H](C[C@H](C)C[C@H](O)CCCC[C@@H](O)C[C@H](O)[C@H](C)N)OC(=O)C[C@@H](CC(=O)O)C(=O)O. The molecule has 16 heteroatoms. The maximum atomic E-state index is 13.0. The molecule has 10 atom stereocenters. The van der Waals surface area contributed by atoms with E-state index in [1.165, 1.54) is 0 Å². The fraction of sp³-hybridized carbons (Fsp3) is 0.824. The first-order chi connectivity index (χ1) is 23.3. The Kier molecular flexibility index (Phi) is 23.1. The van der Waals surface area contributed by atoms with Crippen LogP contribution in [0.25, 0.3) is 0 Å². The number of unbranched alkanes of at least 4 members (excludes halogenated alkanes) is 2. The van der Waals surface area contributed by atoms with Crippen molar-refractivity contribution >= 4 is 35.8 Å². The number of aliphatic hydroxyl groups is 3. The Hall–Kier alpha value is -3.34. The van der Waals surface area contributed by atoms with Crippen LogP contribution in [0.5, 0.6) is 0 Å². The Morgan fingerprint density at radius 1 is 0.620 bits per heavy atom. The molecule has 0 aromatic carbocycles. The predicted octanol–water partition coefficient (Wildman–Crippen LogP) is 2.56. The number of carbonyl (C=O) groups is 6. The molecule has 16 nitrogen and oxygen atoms in total. The van der Waals surface area contributed by atoms with Crippen LogP contribution < -0.4 is 5.73 Å². The van der Waals surface area contributed by atoms with Crippen LogP contribution in [0.2, 0.25) is 0 Å². The van der Waals surface area contributed by atoms with E-state index in [1.807, 2.05) is 6.92 Å². The van der Waals surface area contributed by atoms with Crippen LogP contribution >= 0.6 is 0 Å². The van der Waals surface area contributed by atoms with Crippen molar-refractivity contribution in [1.29, 1.82) is 0 Å². The molecule has 0 aliphatic carbocycles. The van der Waals surface area contributed by atoms with Crippen molar-refractivity contribution in [2.75, 3.05) is 0 Å². The molecule has 0 saturated carbocycles. The fourth-order valence-corrected chi connectivity index (χ4v) is 5.68. The molecule has 0 unspecified atom stereocenters. The lowest BCUT2D eigenvalue weighted by molar-refractivity contribution is -0.177. The van der Waals surface area contributed by atoms with Crippen LogP contribution in [0.4, 0.5) is 0 Å². The number of esters is 2. The fourth-order valence-electron chi connectivity index (χ4n) is 5.68. The molecule has 0 rings (SSSR count). The normalized spacial score (nSPS) is 17.5. The van der Waals surface area contributed by atoms with Crippen molar-refractivity contribution in [1.82, 2.24) is 0 Å². The van der Waals surface area contributed by atoms with E-state index in [4.69, 9.17) is 25.4 Å². The summed E-state index contributed by atoms with van der Waals surface area (Å²) in [6, 6.07) is -0.476. The van der Waals surface area contributed by atoms with E-state index in [-0.39, 0.29) is 25.2 Å². The van der Waals surface area contributed by atoms with Crippen molar-refractivity contribution in [3.63, 3.8) is 0 Å². The second-order valence-electron chi connectivity index (χ2n) is 13.6. The molecule has 0 aliphatic rings. The van der Waals surface area contributed by atoms with Crippen molar-refractivity contribution in [2.45, 2.75) is 154 Å². The summed E-state index contributed by atoms with van der Waals surface area (Å²) in [4.78, 5) is 71.6. The van der Waals surface area contributed by atoms with E-state index in [0.717, 1.165) is 6.42 Å². The van der Waals surface area contributed by atoms with Crippen molar-refractivity contribution < 1.29 is 74.0 Å². The number of aliphatic carboxylic acids is 4. The molecule has 0 amide bonds. The van der Waals surface area contributed by atoms with Crippen molar-refractivity contribution in [3.8, 4) is 0 Å². The molecule has 50 heavy (non-hydrogen) atoms. The number of hydrogen-bond donors (Lipinski definition) is 8. The van der Waals surface area contributed by atoms with Gasteiger partial charge in [0, 0.05) is 12.5 Å². The Balaban J connectivity index is 5.98. The summed E-state index contributed by atoms with van der Waals surface area (Å²) in [5, 5.41) is 67.8. The van der Waals surface area contributed by atoms with Gasteiger partial charge in [-0.05, 0) is 50.9 Å². The van der Waals surface area contributed by atoms with Gasteiger partial charge in [0.15, 0.2) is 0 Å². The van der Waals surface area contributed by atoms with Crippen molar-refractivity contribution in [3.05, 3.63) is 0 Å². The van der Waals surface area contributed by atoms with Crippen LogP contribution in [0.1, 0.15) is 118 Å². The molecule has 0 heterocycles. The topological polar surface area (TPSA) is 289 Å². The van der Waals surface area contributed by atoms with Gasteiger partial charge in [-0.1, -0.05) is 46.5 Å². The Morgan fingerprint density at radius 3 is 1.50 bits per heavy atom. The van der Waals surface area contributed by atoms with Crippen LogP contribution in [0, 0.1) is 23.7 Å². The average Bonchev–Trinajstić information content (AvgIpc) is 2.99. The highest BCUT2D eigenvalue weighted by atomic mass is 16.6. The van der Waals surface area contributed by atoms with E-state index >= 15 is 0 Å². The molecule has 0 aliphatic heterocycles. The standard InChI is InChI=1S/C34H59NO15/c1-5-6-9-20(3)32(50-31(44)17-23(34(47)48)15-29(41)42)27(49-30(43)16-22(33(45)46)14-28(39)40)13-19(2)12-24(36)10-7-8-11-25(37)18-26(38)21(4)35/h19-27,32,36-38H,5-18,35H2,1-4H3,(H,39,40)(H,41,42)(H,45,46)(H,47,48)/t19-,20-,21+,22-,23-,24-,25-,26+,27+,32-/m1/s1. The highest BCUT2D eigenvalue weighted by Crippen LogP contribution is 2.29. The van der Waals surface area contributed by atoms with Crippen LogP contribution in [0.15, 0.2) is 0 Å². The second-order valence-corrected chi connectivity index (χ2v) is 13.6. The summed E-state index contributed by atoms with van der Waals surface area (Å²) in [6.07, 6.45) is -3.74. The van der Waals surface area contributed by atoms with Crippen LogP contribution in [-0.2, 0) is 38.2 Å². The maximum absolute atomic E-state index is 13.0. The van der Waals surface area contributed by atoms with E-state index in [9.17, 15) is 54.3 Å². The molecule has 290 valence electrons. The molecular formula is C34H59NO15. The predicted molar refractivity (Wildman–Crippen MR) is 178 cm³/mol. The van der Waals surface area contributed by atoms with Gasteiger partial charge >= 0.3 is 35.8 Å². The highest BCUT2D eigenvalue weighted by Gasteiger charge is 2.37. The summed E-state index contributed by atoms with van der Waals surface area (Å²) in [6.45, 7) is 7.06. The van der Waals surface area contributed by atoms with Crippen LogP contribution in [-0.4, -0.2) is 108 Å². The van der Waals surface area contributed by atoms with Gasteiger partial charge in [-0.25, -0.2) is 0 Å². The molecule has 0 radical (unpaired) electrons. The Labute approximate surface area is 293 Å². The third kappa shape index (κ3) is 21.0. The number of ether oxygens (including phenoxy) is 2. The Bertz CT molecular complexity index is 1070. The van der Waals surface area contributed by atoms with Gasteiger partial charge in [-0.3, -0.25) is 28.8 Å². The van der Waals surface area contributed by atoms with Gasteiger partial charge in [0.2, 0.25) is 0 Å². The molecule has 0 aromatic rings. The van der Waals surface area contributed by atoms with Gasteiger partial charge in [0.1, 0.15) is 12.2 Å². The summed E-state index contributed by atoms with van der Waals surface area (Å²) in [5.74, 6) is -12.0. The number of aliphatic hydroxyl groups excluding tert-OH is 3. The lowest BCUT2D eigenvalue weighted by Gasteiger charge is -2.33. The number of carboxylic acid groups (broad SMARTS) is 4. The van der Waals surface area contributed by atoms with Crippen LogP contribution in [0.3, 0.4) is 0 Å². The van der Waals surface area contributed by atoms with E-state index in [1.54, 1.807) is 20.8 Å². The van der Waals surface area contributed by atoms with Gasteiger partial charge in [-0.2, -0.15) is 0 Å². The first-order valence-corrected chi connectivity index (χ1v) is 17.3. The monoisotopic (exact) mass is 721 g/mol. The summed E-state index contributed by atoms with van der Waals surface area (Å²) in [5.41, 5.74) is 5.63. The smallest absolute Gasteiger partial charge is 0.307 e. The minimum Gasteiger partial charge on any atom is -0.481 e. The summed E-state index contributed by atoms with van der Waals surface area (Å²) in [7, 11) is 0. The highest BCUT2D eigenvalue weighted by molar-refractivity contribution is 5.83. The summed E-state index contributed by atoms with van der Waals surface area (Å²) >= 11 is 0. The lowest BCUT2D eigenvalue weighted by atomic mass is 9.87. The minimum absolute atomic E-state index is 0.0270. The molecule has 9 N–H and O–H groups in total. The van der Waals surface area contributed by atoms with E-state index < -0.39 is 116 Å². The zero-order chi connectivity index (χ0) is 38.6. The van der Waals surface area contributed by atoms with Crippen molar-refractivity contribution in [2.24, 2.45) is 29.4 Å². The van der Waals surface area contributed by atoms with Gasteiger partial charge in [-0.15, -0.1) is 0 Å². The molecule has 0 bridgehead atoms. The molecular weight excluding hydrogens is 662 g/mol. The second kappa shape index (κ2) is 24.7. The zero-order valence-corrected chi connectivity index (χ0v) is 29.6. The third-order valence-electron chi connectivity index (χ3n) is 8.61. The third-order valence-corrected chi connectivity index (χ3v) is 8.61. The number of rotatable bonds is 29. The quantitative estimate of drug-likeness (QED) is 0.0407. The number of carbonyl (C=O) groups excluding carboxylic acids is 2. The molecule has 0 saturated heterocycles. The Morgan fingerprint density at radius 2 is 1.08 bits per heavy atom. The van der Waals surface area contributed by atoms with Gasteiger partial charge in [0.25, 0.3) is 0 Å². The summed E-state index contributed by atoms with van der Waals surface area (Å²) < 4.78 is 11.4. The molecule has 0 fully saturated rings. The number of hydrogen-bond acceptors (Lipinski definition) is 12.